The summed E-state index contributed by atoms with van der Waals surface area (Å²) >= 11 is 0. The van der Waals surface area contributed by atoms with E-state index in [4.69, 9.17) is 0 Å². The van der Waals surface area contributed by atoms with Crippen LogP contribution in [0.2, 0.25) is 0 Å². The molecular formula is C24H22N2O5. The molecule has 0 unspecified atom stereocenters. The molecule has 2 N–H and O–H groups in total. The molecule has 0 saturated heterocycles. The topological polar surface area (TPSA) is 104 Å². The van der Waals surface area contributed by atoms with Gasteiger partial charge in [-0.1, -0.05) is 48.5 Å². The molecule has 4 rings (SSSR count). The van der Waals surface area contributed by atoms with E-state index in [-0.39, 0.29) is 11.7 Å². The molecule has 3 aromatic carbocycles. The van der Waals surface area contributed by atoms with Gasteiger partial charge >= 0.3 is 0 Å². The summed E-state index contributed by atoms with van der Waals surface area (Å²) in [7, 11) is 1.66. The van der Waals surface area contributed by atoms with E-state index in [0.29, 0.717) is 5.56 Å². The molecule has 1 aliphatic carbocycles. The number of hydrogen-bond donors (Lipinski definition) is 2. The van der Waals surface area contributed by atoms with Gasteiger partial charge in [0.15, 0.2) is 0 Å². The largest absolute Gasteiger partial charge is 0.395 e. The Morgan fingerprint density at radius 2 is 1.52 bits per heavy atom. The minimum Gasteiger partial charge on any atom is -0.395 e. The van der Waals surface area contributed by atoms with Crippen molar-refractivity contribution in [2.45, 2.75) is 12.1 Å². The quantitative estimate of drug-likeness (QED) is 0.471. The van der Waals surface area contributed by atoms with Gasteiger partial charge in [0, 0.05) is 19.2 Å². The maximum absolute atomic E-state index is 13.4. The van der Waals surface area contributed by atoms with Gasteiger partial charge in [0.05, 0.1) is 29.6 Å². The first-order chi connectivity index (χ1) is 14.9. The Morgan fingerprint density at radius 1 is 1.00 bits per heavy atom. The Labute approximate surface area is 179 Å². The second kappa shape index (κ2) is 8.29. The number of nitro benzene ring substituents is 1. The van der Waals surface area contributed by atoms with Crippen molar-refractivity contribution in [3.8, 4) is 11.1 Å². The molecule has 3 aromatic rings. The van der Waals surface area contributed by atoms with Crippen LogP contribution in [0.3, 0.4) is 0 Å². The number of nitrogens with zero attached hydrogens (tertiary/aromatic N) is 2. The smallest absolute Gasteiger partial charge is 0.269 e. The molecule has 0 heterocycles. The maximum atomic E-state index is 13.4. The number of aliphatic hydroxyl groups excluding tert-OH is 2. The van der Waals surface area contributed by atoms with E-state index in [0.717, 1.165) is 22.3 Å². The van der Waals surface area contributed by atoms with Gasteiger partial charge in [0.2, 0.25) is 5.91 Å². The number of carbonyl (C=O) groups is 1. The summed E-state index contributed by atoms with van der Waals surface area (Å²) in [5.41, 5.74) is 4.30. The van der Waals surface area contributed by atoms with Crippen molar-refractivity contribution >= 4 is 11.6 Å². The molecule has 158 valence electrons. The fourth-order valence-corrected chi connectivity index (χ4v) is 4.27. The number of non-ortho nitro benzene ring substituents is 1. The van der Waals surface area contributed by atoms with E-state index < -0.39 is 29.5 Å². The van der Waals surface area contributed by atoms with E-state index in [1.54, 1.807) is 11.9 Å². The molecule has 7 heteroatoms. The molecule has 1 aliphatic rings. The number of rotatable bonds is 6. The minimum atomic E-state index is -1.30. The summed E-state index contributed by atoms with van der Waals surface area (Å²) in [6, 6.07) is 20.7. The van der Waals surface area contributed by atoms with Gasteiger partial charge in [-0.3, -0.25) is 14.9 Å². The third-order valence-corrected chi connectivity index (χ3v) is 5.88. The van der Waals surface area contributed by atoms with E-state index in [2.05, 4.69) is 0 Å². The Balaban J connectivity index is 1.64. The van der Waals surface area contributed by atoms with Crippen molar-refractivity contribution in [1.29, 1.82) is 0 Å². The summed E-state index contributed by atoms with van der Waals surface area (Å²) in [5.74, 6) is -1.52. The molecule has 0 aromatic heterocycles. The molecule has 0 aliphatic heterocycles. The third kappa shape index (κ3) is 3.58. The molecule has 2 atom stereocenters. The number of nitro groups is 1. The number of fused-ring (bicyclic) bond motifs is 3. The van der Waals surface area contributed by atoms with E-state index >= 15 is 0 Å². The lowest BCUT2D eigenvalue weighted by Gasteiger charge is -2.31. The van der Waals surface area contributed by atoms with Crippen molar-refractivity contribution in [2.75, 3.05) is 13.7 Å². The van der Waals surface area contributed by atoms with Gasteiger partial charge in [-0.2, -0.15) is 0 Å². The molecule has 7 nitrogen and oxygen atoms in total. The zero-order valence-corrected chi connectivity index (χ0v) is 16.9. The number of benzene rings is 3. The van der Waals surface area contributed by atoms with Crippen LogP contribution in [0.4, 0.5) is 5.69 Å². The van der Waals surface area contributed by atoms with Crippen LogP contribution in [0, 0.1) is 16.0 Å². The van der Waals surface area contributed by atoms with Crippen LogP contribution in [-0.2, 0) is 4.79 Å². The summed E-state index contributed by atoms with van der Waals surface area (Å²) in [5, 5.41) is 31.6. The van der Waals surface area contributed by atoms with Crippen molar-refractivity contribution in [2.24, 2.45) is 5.92 Å². The molecule has 0 fully saturated rings. The zero-order chi connectivity index (χ0) is 22.1. The Bertz CT molecular complexity index is 1080. The lowest BCUT2D eigenvalue weighted by Crippen LogP contribution is -2.40. The maximum Gasteiger partial charge on any atom is 0.269 e. The summed E-state index contributed by atoms with van der Waals surface area (Å²) in [4.78, 5) is 25.3. The average Bonchev–Trinajstić information content (AvgIpc) is 3.13. The fraction of sp³-hybridized carbons (Fsp3) is 0.208. The fourth-order valence-electron chi connectivity index (χ4n) is 4.27. The first kappa shape index (κ1) is 20.7. The predicted molar refractivity (Wildman–Crippen MR) is 115 cm³/mol. The number of carbonyl (C=O) groups excluding carboxylic acids is 1. The number of amides is 1. The van der Waals surface area contributed by atoms with Crippen molar-refractivity contribution < 1.29 is 19.9 Å². The van der Waals surface area contributed by atoms with Gasteiger partial charge in [0.25, 0.3) is 5.69 Å². The van der Waals surface area contributed by atoms with Crippen LogP contribution in [0.1, 0.15) is 28.8 Å². The summed E-state index contributed by atoms with van der Waals surface area (Å²) in [6.07, 6.45) is -1.30. The van der Waals surface area contributed by atoms with E-state index in [1.807, 2.05) is 48.5 Å². The number of aliphatic hydroxyl groups is 2. The Hall–Kier alpha value is -3.55. The molecule has 1 amide bonds. The highest BCUT2D eigenvalue weighted by molar-refractivity contribution is 5.85. The van der Waals surface area contributed by atoms with Crippen LogP contribution in [0.5, 0.6) is 0 Å². The van der Waals surface area contributed by atoms with Crippen LogP contribution >= 0.6 is 0 Å². The molecule has 0 bridgehead atoms. The van der Waals surface area contributed by atoms with E-state index in [1.165, 1.54) is 24.3 Å². The molecule has 31 heavy (non-hydrogen) atoms. The van der Waals surface area contributed by atoms with E-state index in [9.17, 15) is 25.1 Å². The third-order valence-electron chi connectivity index (χ3n) is 5.88. The molecule has 0 spiro atoms. The summed E-state index contributed by atoms with van der Waals surface area (Å²) < 4.78 is 0. The summed E-state index contributed by atoms with van der Waals surface area (Å²) in [6.45, 7) is -0.558. The normalized spacial score (nSPS) is 14.4. The molecule has 0 saturated carbocycles. The standard InChI is InChI=1S/C24H22N2O5/c1-25(22-19-8-4-2-6-17(19)18-7-3-5-9-20(18)22)24(29)21(14-27)23(28)15-10-12-16(13-11-15)26(30)31/h2-13,21-23,27-28H,14H2,1H3/t21-,23+/m1/s1. The SMILES string of the molecule is CN(C(=O)[C@H](CO)[C@@H](O)c1ccc([N+](=O)[O-])cc1)C1c2ccccc2-c2ccccc21. The van der Waals surface area contributed by atoms with Gasteiger partial charge in [-0.15, -0.1) is 0 Å². The van der Waals surface area contributed by atoms with Gasteiger partial charge in [-0.05, 0) is 39.9 Å². The minimum absolute atomic E-state index is 0.112. The predicted octanol–water partition coefficient (Wildman–Crippen LogP) is 3.47. The molecular weight excluding hydrogens is 396 g/mol. The Morgan fingerprint density at radius 3 is 2.00 bits per heavy atom. The second-order valence-corrected chi connectivity index (χ2v) is 7.61. The van der Waals surface area contributed by atoms with Gasteiger partial charge < -0.3 is 15.1 Å². The highest BCUT2D eigenvalue weighted by Gasteiger charge is 2.37. The van der Waals surface area contributed by atoms with Crippen LogP contribution in [0.25, 0.3) is 11.1 Å². The van der Waals surface area contributed by atoms with Crippen molar-refractivity contribution in [3.05, 3.63) is 99.6 Å². The van der Waals surface area contributed by atoms with Gasteiger partial charge in [0.1, 0.15) is 0 Å². The number of hydrogen-bond acceptors (Lipinski definition) is 5. The first-order valence-electron chi connectivity index (χ1n) is 9.92. The second-order valence-electron chi connectivity index (χ2n) is 7.61. The van der Waals surface area contributed by atoms with Crippen LogP contribution in [0.15, 0.2) is 72.8 Å². The van der Waals surface area contributed by atoms with Crippen LogP contribution in [-0.4, -0.2) is 39.6 Å². The van der Waals surface area contributed by atoms with Crippen molar-refractivity contribution in [1.82, 2.24) is 4.90 Å². The van der Waals surface area contributed by atoms with Crippen LogP contribution < -0.4 is 0 Å². The lowest BCUT2D eigenvalue weighted by molar-refractivity contribution is -0.384. The lowest BCUT2D eigenvalue weighted by atomic mass is 9.93. The Kier molecular flexibility index (Phi) is 5.54. The molecule has 0 radical (unpaired) electrons. The van der Waals surface area contributed by atoms with Crippen molar-refractivity contribution in [3.63, 3.8) is 0 Å². The van der Waals surface area contributed by atoms with Gasteiger partial charge in [-0.25, -0.2) is 0 Å². The monoisotopic (exact) mass is 418 g/mol. The highest BCUT2D eigenvalue weighted by atomic mass is 16.6. The zero-order valence-electron chi connectivity index (χ0n) is 16.9. The first-order valence-corrected chi connectivity index (χ1v) is 9.92. The average molecular weight is 418 g/mol. The highest BCUT2D eigenvalue weighted by Crippen LogP contribution is 2.46.